The molecule has 0 atom stereocenters. The van der Waals surface area contributed by atoms with Gasteiger partial charge >= 0.3 is 0 Å². The summed E-state index contributed by atoms with van der Waals surface area (Å²) in [5.74, 6) is 1.15. The van der Waals surface area contributed by atoms with E-state index >= 15 is 0 Å². The van der Waals surface area contributed by atoms with Gasteiger partial charge in [0.2, 0.25) is 5.91 Å². The van der Waals surface area contributed by atoms with Gasteiger partial charge in [-0.3, -0.25) is 9.69 Å². The van der Waals surface area contributed by atoms with Gasteiger partial charge < -0.3 is 0 Å². The summed E-state index contributed by atoms with van der Waals surface area (Å²) in [4.78, 5) is 17.4. The van der Waals surface area contributed by atoms with Crippen molar-refractivity contribution in [3.63, 3.8) is 0 Å². The van der Waals surface area contributed by atoms with Crippen molar-refractivity contribution in [2.75, 3.05) is 11.9 Å². The van der Waals surface area contributed by atoms with E-state index in [1.165, 1.54) is 11.1 Å². The molecule has 0 N–H and O–H groups in total. The van der Waals surface area contributed by atoms with E-state index in [0.29, 0.717) is 23.7 Å². The maximum absolute atomic E-state index is 11.8. The van der Waals surface area contributed by atoms with Gasteiger partial charge in [0.1, 0.15) is 11.9 Å². The molecule has 1 heterocycles. The van der Waals surface area contributed by atoms with Gasteiger partial charge in [-0.05, 0) is 24.5 Å². The van der Waals surface area contributed by atoms with Crippen LogP contribution in [-0.2, 0) is 4.79 Å². The Kier molecular flexibility index (Phi) is 4.65. The molecule has 0 radical (unpaired) electrons. The summed E-state index contributed by atoms with van der Waals surface area (Å²) in [6, 6.07) is 5.34. The maximum atomic E-state index is 11.8. The van der Waals surface area contributed by atoms with Crippen molar-refractivity contribution in [1.29, 1.82) is 5.26 Å². The van der Waals surface area contributed by atoms with Gasteiger partial charge in [-0.1, -0.05) is 13.8 Å². The fourth-order valence-electron chi connectivity index (χ4n) is 1.36. The highest BCUT2D eigenvalue weighted by atomic mass is 16.2. The normalized spacial score (nSPS) is 10.1. The summed E-state index contributed by atoms with van der Waals surface area (Å²) in [6.45, 7) is 4.18. The first kappa shape index (κ1) is 13.2. The molecule has 0 bridgehead atoms. The third kappa shape index (κ3) is 3.87. The molecule has 1 aromatic heterocycles. The zero-order chi connectivity index (χ0) is 12.8. The fraction of sp³-hybridized carbons (Fsp3) is 0.462. The van der Waals surface area contributed by atoms with Crippen LogP contribution in [0.3, 0.4) is 0 Å². The monoisotopic (exact) mass is 231 g/mol. The standard InChI is InChI=1S/C13H17N3O/c1-10(2)4-7-13(17)16(3)12-6-5-11(8-14)9-15-12/h5-6,9-10H,4,7H2,1-3H3. The molecular weight excluding hydrogens is 214 g/mol. The highest BCUT2D eigenvalue weighted by Crippen LogP contribution is 2.12. The first-order valence-electron chi connectivity index (χ1n) is 5.67. The SMILES string of the molecule is CC(C)CCC(=O)N(C)c1ccc(C#N)cn1. The summed E-state index contributed by atoms with van der Waals surface area (Å²) >= 11 is 0. The Balaban J connectivity index is 2.65. The molecule has 1 aromatic rings. The van der Waals surface area contributed by atoms with Gasteiger partial charge in [-0.25, -0.2) is 4.98 Å². The minimum absolute atomic E-state index is 0.0518. The molecule has 0 aromatic carbocycles. The zero-order valence-electron chi connectivity index (χ0n) is 10.5. The average Bonchev–Trinajstić information content (AvgIpc) is 2.35. The van der Waals surface area contributed by atoms with Crippen molar-refractivity contribution < 1.29 is 4.79 Å². The third-order valence-corrected chi connectivity index (χ3v) is 2.53. The molecule has 0 aliphatic heterocycles. The number of carbonyl (C=O) groups is 1. The zero-order valence-corrected chi connectivity index (χ0v) is 10.5. The molecule has 0 spiro atoms. The Hall–Kier alpha value is -1.89. The summed E-state index contributed by atoms with van der Waals surface area (Å²) < 4.78 is 0. The lowest BCUT2D eigenvalue weighted by molar-refractivity contribution is -0.118. The number of nitrogens with zero attached hydrogens (tertiary/aromatic N) is 3. The number of pyridine rings is 1. The maximum Gasteiger partial charge on any atom is 0.227 e. The minimum Gasteiger partial charge on any atom is -0.300 e. The average molecular weight is 231 g/mol. The summed E-state index contributed by atoms with van der Waals surface area (Å²) in [5, 5.41) is 8.65. The predicted molar refractivity (Wildman–Crippen MR) is 66.4 cm³/mol. The summed E-state index contributed by atoms with van der Waals surface area (Å²) in [5.41, 5.74) is 0.497. The van der Waals surface area contributed by atoms with Crippen LogP contribution in [0.5, 0.6) is 0 Å². The molecule has 0 aliphatic rings. The molecule has 90 valence electrons. The van der Waals surface area contributed by atoms with Crippen molar-refractivity contribution in [2.24, 2.45) is 5.92 Å². The molecule has 0 unspecified atom stereocenters. The molecule has 1 amide bonds. The molecule has 0 saturated heterocycles. The second kappa shape index (κ2) is 6.00. The number of nitriles is 1. The van der Waals surface area contributed by atoms with Crippen LogP contribution in [0.2, 0.25) is 0 Å². The second-order valence-electron chi connectivity index (χ2n) is 4.40. The smallest absolute Gasteiger partial charge is 0.227 e. The predicted octanol–water partition coefficient (Wildman–Crippen LogP) is 2.35. The number of anilines is 1. The van der Waals surface area contributed by atoms with Gasteiger partial charge in [-0.15, -0.1) is 0 Å². The number of aromatic nitrogens is 1. The topological polar surface area (TPSA) is 57.0 Å². The first-order chi connectivity index (χ1) is 8.04. The third-order valence-electron chi connectivity index (χ3n) is 2.53. The lowest BCUT2D eigenvalue weighted by Gasteiger charge is -2.16. The fourth-order valence-corrected chi connectivity index (χ4v) is 1.36. The second-order valence-corrected chi connectivity index (χ2v) is 4.40. The Labute approximate surface area is 102 Å². The molecule has 17 heavy (non-hydrogen) atoms. The van der Waals surface area contributed by atoms with Gasteiger partial charge in [-0.2, -0.15) is 5.26 Å². The van der Waals surface area contributed by atoms with Crippen molar-refractivity contribution in [2.45, 2.75) is 26.7 Å². The quantitative estimate of drug-likeness (QED) is 0.799. The number of rotatable bonds is 4. The van der Waals surface area contributed by atoms with Crippen LogP contribution in [0.25, 0.3) is 0 Å². The van der Waals surface area contributed by atoms with E-state index in [1.54, 1.807) is 19.2 Å². The van der Waals surface area contributed by atoms with Crippen LogP contribution >= 0.6 is 0 Å². The van der Waals surface area contributed by atoms with E-state index in [-0.39, 0.29) is 5.91 Å². The number of carbonyl (C=O) groups excluding carboxylic acids is 1. The lowest BCUT2D eigenvalue weighted by atomic mass is 10.1. The minimum atomic E-state index is 0.0518. The van der Waals surface area contributed by atoms with Crippen LogP contribution in [0, 0.1) is 17.2 Å². The number of amides is 1. The van der Waals surface area contributed by atoms with Crippen LogP contribution in [-0.4, -0.2) is 17.9 Å². The van der Waals surface area contributed by atoms with E-state index in [2.05, 4.69) is 18.8 Å². The van der Waals surface area contributed by atoms with E-state index in [4.69, 9.17) is 5.26 Å². The Morgan fingerprint density at radius 1 is 1.53 bits per heavy atom. The van der Waals surface area contributed by atoms with E-state index in [0.717, 1.165) is 6.42 Å². The van der Waals surface area contributed by atoms with E-state index in [9.17, 15) is 4.79 Å². The van der Waals surface area contributed by atoms with Gasteiger partial charge in [0.15, 0.2) is 0 Å². The Bertz CT molecular complexity index is 417. The number of hydrogen-bond acceptors (Lipinski definition) is 3. The lowest BCUT2D eigenvalue weighted by Crippen LogP contribution is -2.27. The van der Waals surface area contributed by atoms with Crippen molar-refractivity contribution >= 4 is 11.7 Å². The molecule has 0 aliphatic carbocycles. The highest BCUT2D eigenvalue weighted by molar-refractivity contribution is 5.91. The van der Waals surface area contributed by atoms with Gasteiger partial charge in [0.05, 0.1) is 5.56 Å². The summed E-state index contributed by atoms with van der Waals surface area (Å²) in [6.07, 6.45) is 2.87. The summed E-state index contributed by atoms with van der Waals surface area (Å²) in [7, 11) is 1.71. The van der Waals surface area contributed by atoms with Crippen molar-refractivity contribution in [3.8, 4) is 6.07 Å². The molecular formula is C13H17N3O. The van der Waals surface area contributed by atoms with Crippen LogP contribution in [0.15, 0.2) is 18.3 Å². The first-order valence-corrected chi connectivity index (χ1v) is 5.67. The van der Waals surface area contributed by atoms with Crippen LogP contribution in [0.4, 0.5) is 5.82 Å². The van der Waals surface area contributed by atoms with E-state index < -0.39 is 0 Å². The van der Waals surface area contributed by atoms with Crippen molar-refractivity contribution in [1.82, 2.24) is 4.98 Å². The van der Waals surface area contributed by atoms with Crippen LogP contribution < -0.4 is 4.90 Å². The Morgan fingerprint density at radius 2 is 2.24 bits per heavy atom. The number of hydrogen-bond donors (Lipinski definition) is 0. The van der Waals surface area contributed by atoms with Gasteiger partial charge in [0, 0.05) is 19.7 Å². The molecule has 4 heteroatoms. The highest BCUT2D eigenvalue weighted by Gasteiger charge is 2.12. The van der Waals surface area contributed by atoms with Gasteiger partial charge in [0.25, 0.3) is 0 Å². The Morgan fingerprint density at radius 3 is 2.71 bits per heavy atom. The molecule has 0 saturated carbocycles. The molecule has 4 nitrogen and oxygen atoms in total. The van der Waals surface area contributed by atoms with E-state index in [1.807, 2.05) is 6.07 Å². The molecule has 0 fully saturated rings. The van der Waals surface area contributed by atoms with Crippen molar-refractivity contribution in [3.05, 3.63) is 23.9 Å². The van der Waals surface area contributed by atoms with Crippen LogP contribution in [0.1, 0.15) is 32.3 Å². The largest absolute Gasteiger partial charge is 0.300 e. The molecule has 1 rings (SSSR count).